The van der Waals surface area contributed by atoms with Crippen LogP contribution in [0.15, 0.2) is 72.4 Å². The average Bonchev–Trinajstić information content (AvgIpc) is 3.76. The van der Waals surface area contributed by atoms with Gasteiger partial charge in [-0.15, -0.1) is 21.5 Å². The number of rotatable bonds is 11. The van der Waals surface area contributed by atoms with Gasteiger partial charge in [0, 0.05) is 56.4 Å². The molecule has 6 rings (SSSR count). The molecule has 4 aromatic rings. The molecule has 2 aromatic heterocycles. The van der Waals surface area contributed by atoms with E-state index in [1.165, 1.54) is 0 Å². The van der Waals surface area contributed by atoms with Gasteiger partial charge in [-0.05, 0) is 48.6 Å². The minimum absolute atomic E-state index is 0.0899. The van der Waals surface area contributed by atoms with Crippen LogP contribution in [0.5, 0.6) is 5.75 Å². The molecule has 4 atom stereocenters. The van der Waals surface area contributed by atoms with Crippen molar-refractivity contribution in [3.05, 3.63) is 83.6 Å². The van der Waals surface area contributed by atoms with Gasteiger partial charge in [0.2, 0.25) is 11.8 Å². The van der Waals surface area contributed by atoms with Crippen LogP contribution in [0.2, 0.25) is 0 Å². The molecule has 54 heavy (non-hydrogen) atoms. The minimum atomic E-state index is -0.817. The second-order valence-corrected chi connectivity index (χ2v) is 16.2. The largest absolute Gasteiger partial charge is 0.507 e. The van der Waals surface area contributed by atoms with Gasteiger partial charge in [-0.1, -0.05) is 63.7 Å². The molecule has 286 valence electrons. The van der Waals surface area contributed by atoms with Gasteiger partial charge in [0.15, 0.2) is 5.82 Å². The molecule has 6 N–H and O–H groups in total. The molecule has 2 fully saturated rings. The number of likely N-dealkylation sites (tertiary alicyclic amines) is 1. The SMILES string of the molecule is C=C(N[C@H](C)c1ccc(-c2scnc2C)cc1)[C@H]1C[C@H](O)CN1C(=O)[C@H](NC(=O)CN1CCN(c2cc(-c3ccccc3O)nnc2N)CC1)C(C)(C)C. The number of thiazole rings is 1. The fourth-order valence-electron chi connectivity index (χ4n) is 7.18. The van der Waals surface area contributed by atoms with Crippen LogP contribution in [0.3, 0.4) is 0 Å². The van der Waals surface area contributed by atoms with E-state index in [1.807, 2.05) is 57.2 Å². The summed E-state index contributed by atoms with van der Waals surface area (Å²) in [7, 11) is 0. The molecular formula is C40H51N9O4S. The lowest BCUT2D eigenvalue weighted by molar-refractivity contribution is -0.140. The molecule has 0 aliphatic carbocycles. The number of hydrogen-bond donors (Lipinski definition) is 5. The number of aliphatic hydroxyl groups excluding tert-OH is 1. The topological polar surface area (TPSA) is 173 Å². The van der Waals surface area contributed by atoms with Gasteiger partial charge in [0.05, 0.1) is 46.2 Å². The Labute approximate surface area is 320 Å². The monoisotopic (exact) mass is 753 g/mol. The van der Waals surface area contributed by atoms with E-state index in [4.69, 9.17) is 5.73 Å². The zero-order chi connectivity index (χ0) is 38.7. The molecule has 2 aromatic carbocycles. The highest BCUT2D eigenvalue weighted by Gasteiger charge is 2.43. The summed E-state index contributed by atoms with van der Waals surface area (Å²) in [4.78, 5) is 39.1. The smallest absolute Gasteiger partial charge is 0.246 e. The number of aromatic hydroxyl groups is 1. The molecule has 0 saturated carbocycles. The van der Waals surface area contributed by atoms with E-state index in [-0.39, 0.29) is 36.7 Å². The molecule has 4 heterocycles. The Kier molecular flexibility index (Phi) is 11.5. The lowest BCUT2D eigenvalue weighted by Crippen LogP contribution is -2.58. The minimum Gasteiger partial charge on any atom is -0.507 e. The van der Waals surface area contributed by atoms with Crippen molar-refractivity contribution in [2.75, 3.05) is 49.9 Å². The number of hydrogen-bond acceptors (Lipinski definition) is 12. The summed E-state index contributed by atoms with van der Waals surface area (Å²) in [6, 6.07) is 15.8. The molecule has 2 saturated heterocycles. The van der Waals surface area contributed by atoms with Gasteiger partial charge in [-0.2, -0.15) is 0 Å². The number of carbonyl (C=O) groups is 2. The van der Waals surface area contributed by atoms with E-state index in [0.717, 1.165) is 27.4 Å². The van der Waals surface area contributed by atoms with Crippen molar-refractivity contribution in [3.8, 4) is 27.4 Å². The predicted octanol–water partition coefficient (Wildman–Crippen LogP) is 4.34. The van der Waals surface area contributed by atoms with E-state index < -0.39 is 23.6 Å². The van der Waals surface area contributed by atoms with Gasteiger partial charge in [0.1, 0.15) is 11.8 Å². The number of piperazine rings is 1. The molecule has 0 radical (unpaired) electrons. The lowest BCUT2D eigenvalue weighted by atomic mass is 9.85. The number of aromatic nitrogens is 3. The maximum absolute atomic E-state index is 14.3. The standard InChI is InChI=1S/C40H51N9O4S/c1-24(27-11-13-28(14-12-27)36-26(3)42-23-54-36)43-25(2)32-19-29(50)21-49(32)39(53)37(40(4,5)6)44-35(52)22-47-15-17-48(18-16-47)33-20-31(45-46-38(33)41)30-9-7-8-10-34(30)51/h7-14,20,23-24,29,32,37,43,50-51H,2,15-19,21-22H2,1,3-6H3,(H2,41,46)(H,44,52)/t24-,29+,32-,37+/m1/s1. The number of nitrogens with one attached hydrogen (secondary N) is 2. The van der Waals surface area contributed by atoms with Crippen LogP contribution >= 0.6 is 11.3 Å². The molecule has 14 heteroatoms. The number of aryl methyl sites for hydroxylation is 1. The number of amides is 2. The third-order valence-corrected chi connectivity index (χ3v) is 11.2. The Bertz CT molecular complexity index is 1970. The number of phenols is 1. The summed E-state index contributed by atoms with van der Waals surface area (Å²) >= 11 is 1.62. The van der Waals surface area contributed by atoms with Crippen LogP contribution in [-0.4, -0.2) is 104 Å². The summed E-state index contributed by atoms with van der Waals surface area (Å²) in [6.45, 7) is 16.8. The normalized spacial score (nSPS) is 19.0. The molecule has 2 aliphatic rings. The number of nitrogens with zero attached hydrogens (tertiary/aromatic N) is 6. The van der Waals surface area contributed by atoms with Crippen LogP contribution in [0.1, 0.15) is 51.4 Å². The Balaban J connectivity index is 1.06. The van der Waals surface area contributed by atoms with Crippen molar-refractivity contribution in [3.63, 3.8) is 0 Å². The Morgan fingerprint density at radius 3 is 2.41 bits per heavy atom. The van der Waals surface area contributed by atoms with Crippen molar-refractivity contribution >= 4 is 34.7 Å². The summed E-state index contributed by atoms with van der Waals surface area (Å²) in [5, 5.41) is 35.9. The second-order valence-electron chi connectivity index (χ2n) is 15.3. The number of anilines is 2. The maximum atomic E-state index is 14.3. The first kappa shape index (κ1) is 38.7. The van der Waals surface area contributed by atoms with E-state index in [2.05, 4.69) is 61.6 Å². The Hall–Kier alpha value is -5.05. The molecule has 13 nitrogen and oxygen atoms in total. The summed E-state index contributed by atoms with van der Waals surface area (Å²) in [5.41, 5.74) is 13.1. The highest BCUT2D eigenvalue weighted by Crippen LogP contribution is 2.33. The third-order valence-electron chi connectivity index (χ3n) is 10.3. The Morgan fingerprint density at radius 1 is 1.06 bits per heavy atom. The van der Waals surface area contributed by atoms with E-state index in [0.29, 0.717) is 55.4 Å². The van der Waals surface area contributed by atoms with Crippen LogP contribution < -0.4 is 21.3 Å². The van der Waals surface area contributed by atoms with Gasteiger partial charge in [-0.25, -0.2) is 4.98 Å². The molecule has 2 amide bonds. The number of nitrogens with two attached hydrogens (primary N) is 1. The van der Waals surface area contributed by atoms with Crippen molar-refractivity contribution in [1.29, 1.82) is 0 Å². The van der Waals surface area contributed by atoms with Crippen LogP contribution in [0.4, 0.5) is 11.5 Å². The van der Waals surface area contributed by atoms with Gasteiger partial charge in [0.25, 0.3) is 0 Å². The Morgan fingerprint density at radius 2 is 1.76 bits per heavy atom. The van der Waals surface area contributed by atoms with Crippen LogP contribution in [0, 0.1) is 12.3 Å². The number of benzene rings is 2. The van der Waals surface area contributed by atoms with E-state index in [1.54, 1.807) is 34.4 Å². The number of carbonyl (C=O) groups excluding carboxylic acids is 2. The lowest BCUT2D eigenvalue weighted by Gasteiger charge is -2.38. The third kappa shape index (κ3) is 8.67. The zero-order valence-corrected chi connectivity index (χ0v) is 32.4. The van der Waals surface area contributed by atoms with Crippen molar-refractivity contribution in [1.82, 2.24) is 35.6 Å². The number of aliphatic hydroxyl groups is 1. The number of β-amino-alcohol motifs (C(OH)–C–C–N with tert-alkyl or cyclic N) is 1. The highest BCUT2D eigenvalue weighted by molar-refractivity contribution is 7.13. The molecule has 0 spiro atoms. The number of phenolic OH excluding ortho intramolecular Hbond substituents is 1. The fourth-order valence-corrected chi connectivity index (χ4v) is 8.00. The zero-order valence-electron chi connectivity index (χ0n) is 31.6. The van der Waals surface area contributed by atoms with Gasteiger partial charge in [-0.3, -0.25) is 14.5 Å². The summed E-state index contributed by atoms with van der Waals surface area (Å²) < 4.78 is 0. The molecule has 2 aliphatic heterocycles. The first-order valence-corrected chi connectivity index (χ1v) is 19.2. The van der Waals surface area contributed by atoms with Gasteiger partial charge < -0.3 is 36.4 Å². The molecule has 0 unspecified atom stereocenters. The van der Waals surface area contributed by atoms with Crippen molar-refractivity contribution in [2.45, 2.75) is 65.3 Å². The van der Waals surface area contributed by atoms with Crippen LogP contribution in [-0.2, 0) is 9.59 Å². The molecule has 0 bridgehead atoms. The summed E-state index contributed by atoms with van der Waals surface area (Å²) in [5.74, 6) is -0.0927. The maximum Gasteiger partial charge on any atom is 0.246 e. The predicted molar refractivity (Wildman–Crippen MR) is 213 cm³/mol. The first-order chi connectivity index (χ1) is 25.7. The fraction of sp³-hybridized carbons (Fsp3) is 0.425. The quantitative estimate of drug-likeness (QED) is 0.148. The van der Waals surface area contributed by atoms with E-state index in [9.17, 15) is 19.8 Å². The second kappa shape index (κ2) is 16.1. The van der Waals surface area contributed by atoms with Gasteiger partial charge >= 0.3 is 0 Å². The van der Waals surface area contributed by atoms with Crippen LogP contribution in [0.25, 0.3) is 21.7 Å². The number of para-hydroxylation sites is 1. The van der Waals surface area contributed by atoms with Crippen molar-refractivity contribution in [2.24, 2.45) is 5.41 Å². The van der Waals surface area contributed by atoms with E-state index >= 15 is 0 Å². The molecular weight excluding hydrogens is 703 g/mol. The number of nitrogen functional groups attached to an aromatic ring is 1. The first-order valence-electron chi connectivity index (χ1n) is 18.3. The average molecular weight is 754 g/mol. The summed E-state index contributed by atoms with van der Waals surface area (Å²) in [6.07, 6.45) is -0.351. The van der Waals surface area contributed by atoms with Crippen molar-refractivity contribution < 1.29 is 19.8 Å². The highest BCUT2D eigenvalue weighted by atomic mass is 32.1.